The standard InChI is InChI=1S/C20H35N3O5Si/c1-8-9-10-23(26)15-11-17(22-12-14(2)18(24)21-19(22)25)28-16(15)13-27-29(6,7)20(3,4)5/h10,12,15-17H,8-9,11,13H2,1-7H3,(H,21,24,25)/b23-10-/t15-,16+,17+/m1/s1. The summed E-state index contributed by atoms with van der Waals surface area (Å²) >= 11 is 0. The number of nitrogens with zero attached hydrogens (tertiary/aromatic N) is 2. The van der Waals surface area contributed by atoms with Crippen molar-refractivity contribution in [3.05, 3.63) is 37.8 Å². The van der Waals surface area contributed by atoms with Gasteiger partial charge in [-0.2, -0.15) is 0 Å². The average molecular weight is 426 g/mol. The van der Waals surface area contributed by atoms with Crippen molar-refractivity contribution in [1.29, 1.82) is 0 Å². The van der Waals surface area contributed by atoms with E-state index in [2.05, 4.69) is 38.8 Å². The smallest absolute Gasteiger partial charge is 0.330 e. The van der Waals surface area contributed by atoms with Crippen molar-refractivity contribution < 1.29 is 13.9 Å². The highest BCUT2D eigenvalue weighted by Crippen LogP contribution is 2.38. The molecule has 0 radical (unpaired) electrons. The van der Waals surface area contributed by atoms with Gasteiger partial charge in [-0.3, -0.25) is 14.3 Å². The quantitative estimate of drug-likeness (QED) is 0.238. The third-order valence-electron chi connectivity index (χ3n) is 6.00. The van der Waals surface area contributed by atoms with Gasteiger partial charge in [-0.15, -0.1) is 0 Å². The second kappa shape index (κ2) is 8.97. The summed E-state index contributed by atoms with van der Waals surface area (Å²) in [5, 5.41) is 12.8. The number of aryl methyl sites for hydroxylation is 1. The van der Waals surface area contributed by atoms with Gasteiger partial charge in [0.05, 0.1) is 13.0 Å². The molecule has 0 saturated carbocycles. The van der Waals surface area contributed by atoms with E-state index in [9.17, 15) is 14.8 Å². The van der Waals surface area contributed by atoms with E-state index < -0.39 is 37.9 Å². The predicted octanol–water partition coefficient (Wildman–Crippen LogP) is 2.90. The molecule has 29 heavy (non-hydrogen) atoms. The van der Waals surface area contributed by atoms with Crippen molar-refractivity contribution in [2.45, 2.75) is 90.4 Å². The van der Waals surface area contributed by atoms with E-state index in [1.54, 1.807) is 13.1 Å². The number of hydrogen-bond donors (Lipinski definition) is 1. The summed E-state index contributed by atoms with van der Waals surface area (Å²) in [6.07, 6.45) is 3.95. The number of aromatic amines is 1. The Morgan fingerprint density at radius 2 is 2.07 bits per heavy atom. The van der Waals surface area contributed by atoms with E-state index in [1.165, 1.54) is 10.8 Å². The highest BCUT2D eigenvalue weighted by Gasteiger charge is 2.45. The van der Waals surface area contributed by atoms with Crippen molar-refractivity contribution >= 4 is 14.5 Å². The van der Waals surface area contributed by atoms with Crippen LogP contribution in [0, 0.1) is 12.1 Å². The Bertz CT molecular complexity index is 853. The van der Waals surface area contributed by atoms with Crippen LogP contribution in [-0.2, 0) is 9.16 Å². The second-order valence-corrected chi connectivity index (χ2v) is 14.1. The molecule has 8 nitrogen and oxygen atoms in total. The van der Waals surface area contributed by atoms with Crippen LogP contribution >= 0.6 is 0 Å². The molecule has 1 fully saturated rings. The van der Waals surface area contributed by atoms with Gasteiger partial charge in [0, 0.05) is 18.2 Å². The Kier molecular flexibility index (Phi) is 7.29. The molecule has 1 aliphatic rings. The number of ether oxygens (including phenoxy) is 1. The Morgan fingerprint density at radius 3 is 2.66 bits per heavy atom. The second-order valence-electron chi connectivity index (χ2n) is 9.31. The molecule has 0 amide bonds. The summed E-state index contributed by atoms with van der Waals surface area (Å²) in [6.45, 7) is 14.7. The van der Waals surface area contributed by atoms with Crippen molar-refractivity contribution in [3.63, 3.8) is 0 Å². The molecule has 0 bridgehead atoms. The largest absolute Gasteiger partial charge is 0.624 e. The van der Waals surface area contributed by atoms with E-state index in [-0.39, 0.29) is 5.04 Å². The Balaban J connectivity index is 2.29. The predicted molar refractivity (Wildman–Crippen MR) is 116 cm³/mol. The first-order valence-electron chi connectivity index (χ1n) is 10.3. The van der Waals surface area contributed by atoms with Crippen molar-refractivity contribution in [2.75, 3.05) is 6.61 Å². The number of unbranched alkanes of at least 4 members (excludes halogenated alkanes) is 1. The SMILES string of the molecule is CCC/C=[N+](\[O-])[C@@H]1C[C@@H](n2cc(C)c(=O)[nH]c2=O)O[C@H]1CO[Si](C)(C)C(C)(C)C. The lowest BCUT2D eigenvalue weighted by Gasteiger charge is -2.37. The molecule has 2 heterocycles. The third kappa shape index (κ3) is 5.46. The van der Waals surface area contributed by atoms with Gasteiger partial charge in [-0.25, -0.2) is 9.53 Å². The van der Waals surface area contributed by atoms with Gasteiger partial charge in [-0.1, -0.05) is 27.7 Å². The topological polar surface area (TPSA) is 99.4 Å². The number of hydrogen-bond acceptors (Lipinski definition) is 5. The first-order valence-corrected chi connectivity index (χ1v) is 13.2. The highest BCUT2D eigenvalue weighted by atomic mass is 28.4. The summed E-state index contributed by atoms with van der Waals surface area (Å²) < 4.78 is 14.7. The molecule has 1 saturated heterocycles. The van der Waals surface area contributed by atoms with Gasteiger partial charge in [0.1, 0.15) is 12.3 Å². The maximum atomic E-state index is 12.7. The molecule has 1 aliphatic heterocycles. The van der Waals surface area contributed by atoms with E-state index in [4.69, 9.17) is 9.16 Å². The molecule has 0 spiro atoms. The summed E-state index contributed by atoms with van der Waals surface area (Å²) in [5.41, 5.74) is -0.534. The first-order chi connectivity index (χ1) is 13.4. The van der Waals surface area contributed by atoms with Crippen LogP contribution < -0.4 is 11.2 Å². The fraction of sp³-hybridized carbons (Fsp3) is 0.750. The fourth-order valence-electron chi connectivity index (χ4n) is 3.00. The van der Waals surface area contributed by atoms with Crippen LogP contribution in [0.1, 0.15) is 58.7 Å². The number of hydroxylamine groups is 1. The van der Waals surface area contributed by atoms with E-state index >= 15 is 0 Å². The van der Waals surface area contributed by atoms with E-state index in [0.29, 0.717) is 25.0 Å². The van der Waals surface area contributed by atoms with Crippen LogP contribution in [0.5, 0.6) is 0 Å². The minimum absolute atomic E-state index is 0.0406. The van der Waals surface area contributed by atoms with Gasteiger partial charge >= 0.3 is 5.69 Å². The van der Waals surface area contributed by atoms with Gasteiger partial charge in [0.2, 0.25) is 0 Å². The number of aromatic nitrogens is 2. The van der Waals surface area contributed by atoms with Crippen LogP contribution in [0.25, 0.3) is 0 Å². The maximum Gasteiger partial charge on any atom is 0.330 e. The lowest BCUT2D eigenvalue weighted by molar-refractivity contribution is -0.503. The Labute approximate surface area is 173 Å². The van der Waals surface area contributed by atoms with Crippen molar-refractivity contribution in [1.82, 2.24) is 9.55 Å². The summed E-state index contributed by atoms with van der Waals surface area (Å²) in [5.74, 6) is 0. The molecule has 0 aromatic carbocycles. The zero-order valence-corrected chi connectivity index (χ0v) is 19.7. The first kappa shape index (κ1) is 23.6. The Morgan fingerprint density at radius 1 is 1.41 bits per heavy atom. The third-order valence-corrected chi connectivity index (χ3v) is 10.5. The zero-order valence-electron chi connectivity index (χ0n) is 18.7. The molecule has 164 valence electrons. The maximum absolute atomic E-state index is 12.7. The average Bonchev–Trinajstić information content (AvgIpc) is 3.04. The molecular weight excluding hydrogens is 390 g/mol. The van der Waals surface area contributed by atoms with Gasteiger partial charge in [-0.05, 0) is 31.5 Å². The normalized spacial score (nSPS) is 23.6. The fourth-order valence-corrected chi connectivity index (χ4v) is 4.02. The van der Waals surface area contributed by atoms with Gasteiger partial charge < -0.3 is 14.4 Å². The van der Waals surface area contributed by atoms with Crippen LogP contribution in [-0.4, -0.2) is 47.6 Å². The highest BCUT2D eigenvalue weighted by molar-refractivity contribution is 6.74. The number of rotatable bonds is 7. The molecule has 1 N–H and O–H groups in total. The summed E-state index contributed by atoms with van der Waals surface area (Å²) in [7, 11) is -2.02. The molecule has 1 aromatic rings. The zero-order chi connectivity index (χ0) is 22.0. The Hall–Kier alpha value is -1.71. The van der Waals surface area contributed by atoms with Crippen LogP contribution in [0.4, 0.5) is 0 Å². The van der Waals surface area contributed by atoms with Crippen molar-refractivity contribution in [2.24, 2.45) is 0 Å². The lowest BCUT2D eigenvalue weighted by atomic mass is 10.1. The molecule has 1 aromatic heterocycles. The number of H-pyrrole nitrogens is 1. The molecule has 2 rings (SSSR count). The van der Waals surface area contributed by atoms with E-state index in [0.717, 1.165) is 11.2 Å². The van der Waals surface area contributed by atoms with Gasteiger partial charge in [0.15, 0.2) is 20.6 Å². The van der Waals surface area contributed by atoms with Crippen molar-refractivity contribution in [3.8, 4) is 0 Å². The van der Waals surface area contributed by atoms with E-state index in [1.807, 2.05) is 6.92 Å². The molecular formula is C20H35N3O5Si. The summed E-state index contributed by atoms with van der Waals surface area (Å²) in [6, 6.07) is -0.449. The van der Waals surface area contributed by atoms with Crippen LogP contribution in [0.2, 0.25) is 18.1 Å². The lowest BCUT2D eigenvalue weighted by Crippen LogP contribution is -2.45. The van der Waals surface area contributed by atoms with Gasteiger partial charge in [0.25, 0.3) is 5.56 Å². The molecule has 0 unspecified atom stereocenters. The number of nitrogens with one attached hydrogen (secondary N) is 1. The van der Waals surface area contributed by atoms with Crippen LogP contribution in [0.15, 0.2) is 15.8 Å². The molecule has 9 heteroatoms. The van der Waals surface area contributed by atoms with Crippen LogP contribution in [0.3, 0.4) is 0 Å². The minimum atomic E-state index is -2.02. The minimum Gasteiger partial charge on any atom is -0.624 e. The summed E-state index contributed by atoms with van der Waals surface area (Å²) in [4.78, 5) is 26.3. The monoisotopic (exact) mass is 425 g/mol. The molecule has 3 atom stereocenters. The molecule has 0 aliphatic carbocycles.